The van der Waals surface area contributed by atoms with Gasteiger partial charge in [-0.25, -0.2) is 9.78 Å². The third-order valence-electron chi connectivity index (χ3n) is 2.06. The first-order chi connectivity index (χ1) is 8.09. The minimum Gasteiger partial charge on any atom is -0.477 e. The lowest BCUT2D eigenvalue weighted by Crippen LogP contribution is -2.13. The number of amides is 1. The fourth-order valence-electron chi connectivity index (χ4n) is 1.27. The van der Waals surface area contributed by atoms with E-state index in [0.29, 0.717) is 16.3 Å². The van der Waals surface area contributed by atoms with Gasteiger partial charge in [0.05, 0.1) is 16.9 Å². The summed E-state index contributed by atoms with van der Waals surface area (Å²) in [6.07, 6.45) is 0. The lowest BCUT2D eigenvalue weighted by Gasteiger charge is -2.02. The van der Waals surface area contributed by atoms with Gasteiger partial charge in [0, 0.05) is 0 Å². The van der Waals surface area contributed by atoms with Crippen LogP contribution < -0.4 is 5.32 Å². The van der Waals surface area contributed by atoms with Crippen molar-refractivity contribution in [3.05, 3.63) is 32.4 Å². The molecule has 0 aliphatic carbocycles. The predicted molar refractivity (Wildman–Crippen MR) is 66.1 cm³/mol. The van der Waals surface area contributed by atoms with Gasteiger partial charge >= 0.3 is 5.97 Å². The third-order valence-corrected chi connectivity index (χ3v) is 3.89. The smallest absolute Gasteiger partial charge is 0.348 e. The maximum atomic E-state index is 11.8. The number of carbonyl (C=O) groups is 2. The van der Waals surface area contributed by atoms with Crippen LogP contribution in [0.15, 0.2) is 17.0 Å². The second-order valence-corrected chi connectivity index (χ2v) is 4.96. The maximum absolute atomic E-state index is 11.8. The highest BCUT2D eigenvalue weighted by atomic mass is 32.1. The number of carboxylic acids is 1. The average Bonchev–Trinajstić information content (AvgIpc) is 2.86. The molecule has 0 radical (unpaired) electrons. The Morgan fingerprint density at radius 1 is 1.35 bits per heavy atom. The summed E-state index contributed by atoms with van der Waals surface area (Å²) in [6.45, 7) is 1.73. The number of hydrogen-bond acceptors (Lipinski definition) is 5. The molecule has 0 aliphatic heterocycles. The predicted octanol–water partition coefficient (Wildman–Crippen LogP) is 2.46. The number of thiophene rings is 1. The molecular weight excluding hydrogens is 260 g/mol. The van der Waals surface area contributed by atoms with Crippen LogP contribution in [0.2, 0.25) is 0 Å². The zero-order chi connectivity index (χ0) is 12.4. The first-order valence-electron chi connectivity index (χ1n) is 4.62. The minimum absolute atomic E-state index is 0.125. The molecule has 0 fully saturated rings. The number of nitrogens with one attached hydrogen (secondary N) is 1. The Balaban J connectivity index is 2.22. The Morgan fingerprint density at radius 2 is 2.12 bits per heavy atom. The molecular formula is C10H8N2O3S2. The van der Waals surface area contributed by atoms with Gasteiger partial charge in [-0.05, 0) is 18.4 Å². The van der Waals surface area contributed by atoms with Gasteiger partial charge in [-0.1, -0.05) is 0 Å². The third kappa shape index (κ3) is 2.34. The van der Waals surface area contributed by atoms with Crippen molar-refractivity contribution < 1.29 is 14.7 Å². The van der Waals surface area contributed by atoms with Crippen molar-refractivity contribution in [3.63, 3.8) is 0 Å². The van der Waals surface area contributed by atoms with Crippen molar-refractivity contribution in [2.75, 3.05) is 5.32 Å². The molecule has 2 heterocycles. The number of aryl methyl sites for hydroxylation is 1. The summed E-state index contributed by atoms with van der Waals surface area (Å²) in [7, 11) is 0. The number of anilines is 1. The van der Waals surface area contributed by atoms with E-state index in [4.69, 9.17) is 5.11 Å². The zero-order valence-corrected chi connectivity index (χ0v) is 10.4. The van der Waals surface area contributed by atoms with Crippen LogP contribution in [0, 0.1) is 6.92 Å². The summed E-state index contributed by atoms with van der Waals surface area (Å²) < 4.78 is 0. The molecule has 0 atom stereocenters. The van der Waals surface area contributed by atoms with E-state index in [1.54, 1.807) is 23.9 Å². The SMILES string of the molecule is Cc1ncsc1C(=O)Nc1ccsc1C(=O)O. The number of carbonyl (C=O) groups excluding carboxylic acids is 1. The number of carboxylic acid groups (broad SMARTS) is 1. The van der Waals surface area contributed by atoms with Gasteiger partial charge in [0.25, 0.3) is 5.91 Å². The standard InChI is InChI=1S/C10H8N2O3S2/c1-5-7(17-4-11-5)9(13)12-6-2-3-16-8(6)10(14)15/h2-4H,1H3,(H,12,13)(H,14,15). The quantitative estimate of drug-likeness (QED) is 0.896. The van der Waals surface area contributed by atoms with Crippen LogP contribution in [0.25, 0.3) is 0 Å². The molecule has 0 aromatic carbocycles. The Hall–Kier alpha value is -1.73. The summed E-state index contributed by atoms with van der Waals surface area (Å²) in [6, 6.07) is 1.57. The van der Waals surface area contributed by atoms with E-state index >= 15 is 0 Å². The number of hydrogen-bond donors (Lipinski definition) is 2. The van der Waals surface area contributed by atoms with E-state index in [9.17, 15) is 9.59 Å². The Kier molecular flexibility index (Phi) is 3.21. The molecule has 0 bridgehead atoms. The van der Waals surface area contributed by atoms with Crippen molar-refractivity contribution in [3.8, 4) is 0 Å². The summed E-state index contributed by atoms with van der Waals surface area (Å²) in [5, 5.41) is 13.1. The van der Waals surface area contributed by atoms with Gasteiger partial charge in [0.15, 0.2) is 0 Å². The Morgan fingerprint density at radius 3 is 2.71 bits per heavy atom. The van der Waals surface area contributed by atoms with Crippen molar-refractivity contribution >= 4 is 40.2 Å². The molecule has 0 saturated heterocycles. The molecule has 0 saturated carbocycles. The molecule has 17 heavy (non-hydrogen) atoms. The highest BCUT2D eigenvalue weighted by molar-refractivity contribution is 7.13. The highest BCUT2D eigenvalue weighted by Gasteiger charge is 2.17. The molecule has 7 heteroatoms. The molecule has 0 spiro atoms. The fourth-order valence-corrected chi connectivity index (χ4v) is 2.66. The van der Waals surface area contributed by atoms with Crippen molar-refractivity contribution in [2.24, 2.45) is 0 Å². The highest BCUT2D eigenvalue weighted by Crippen LogP contribution is 2.23. The average molecular weight is 268 g/mol. The Bertz CT molecular complexity index is 574. The topological polar surface area (TPSA) is 79.3 Å². The van der Waals surface area contributed by atoms with Gasteiger partial charge in [-0.2, -0.15) is 0 Å². The van der Waals surface area contributed by atoms with Gasteiger partial charge in [-0.3, -0.25) is 4.79 Å². The van der Waals surface area contributed by atoms with E-state index in [1.807, 2.05) is 0 Å². The van der Waals surface area contributed by atoms with Crippen LogP contribution in [-0.2, 0) is 0 Å². The van der Waals surface area contributed by atoms with Crippen LogP contribution >= 0.6 is 22.7 Å². The van der Waals surface area contributed by atoms with Crippen molar-refractivity contribution in [2.45, 2.75) is 6.92 Å². The molecule has 2 rings (SSSR count). The summed E-state index contributed by atoms with van der Waals surface area (Å²) in [4.78, 5) is 27.3. The second-order valence-electron chi connectivity index (χ2n) is 3.19. The number of aromatic carboxylic acids is 1. The molecule has 2 aromatic rings. The number of rotatable bonds is 3. The maximum Gasteiger partial charge on any atom is 0.348 e. The molecule has 88 valence electrons. The molecule has 0 aliphatic rings. The van der Waals surface area contributed by atoms with Crippen LogP contribution in [0.1, 0.15) is 25.0 Å². The van der Waals surface area contributed by atoms with Crippen LogP contribution in [0.5, 0.6) is 0 Å². The van der Waals surface area contributed by atoms with E-state index in [2.05, 4.69) is 10.3 Å². The van der Waals surface area contributed by atoms with Crippen LogP contribution in [-0.4, -0.2) is 22.0 Å². The van der Waals surface area contributed by atoms with Gasteiger partial charge < -0.3 is 10.4 Å². The van der Waals surface area contributed by atoms with Gasteiger partial charge in [-0.15, -0.1) is 22.7 Å². The molecule has 0 unspecified atom stereocenters. The van der Waals surface area contributed by atoms with Crippen molar-refractivity contribution in [1.82, 2.24) is 4.98 Å². The van der Waals surface area contributed by atoms with Gasteiger partial charge in [0.2, 0.25) is 0 Å². The van der Waals surface area contributed by atoms with Gasteiger partial charge in [0.1, 0.15) is 9.75 Å². The first kappa shape index (κ1) is 11.7. The van der Waals surface area contributed by atoms with E-state index < -0.39 is 5.97 Å². The normalized spacial score (nSPS) is 10.2. The van der Waals surface area contributed by atoms with E-state index in [1.165, 1.54) is 11.3 Å². The molecule has 2 N–H and O–H groups in total. The lowest BCUT2D eigenvalue weighted by atomic mass is 10.3. The van der Waals surface area contributed by atoms with E-state index in [0.717, 1.165) is 11.3 Å². The summed E-state index contributed by atoms with van der Waals surface area (Å²) in [5.41, 5.74) is 2.54. The fraction of sp³-hybridized carbons (Fsp3) is 0.100. The minimum atomic E-state index is -1.05. The zero-order valence-electron chi connectivity index (χ0n) is 8.76. The Labute approximate surface area is 105 Å². The first-order valence-corrected chi connectivity index (χ1v) is 6.37. The molecule has 5 nitrogen and oxygen atoms in total. The number of thiazole rings is 1. The number of nitrogens with zero attached hydrogens (tertiary/aromatic N) is 1. The summed E-state index contributed by atoms with van der Waals surface area (Å²) in [5.74, 6) is -1.37. The molecule has 1 amide bonds. The van der Waals surface area contributed by atoms with Crippen LogP contribution in [0.4, 0.5) is 5.69 Å². The lowest BCUT2D eigenvalue weighted by molar-refractivity contribution is 0.0703. The summed E-state index contributed by atoms with van der Waals surface area (Å²) >= 11 is 2.30. The van der Waals surface area contributed by atoms with Crippen LogP contribution in [0.3, 0.4) is 0 Å². The second kappa shape index (κ2) is 4.64. The largest absolute Gasteiger partial charge is 0.477 e. The van der Waals surface area contributed by atoms with Crippen molar-refractivity contribution in [1.29, 1.82) is 0 Å². The van der Waals surface area contributed by atoms with E-state index in [-0.39, 0.29) is 10.8 Å². The monoisotopic (exact) mass is 268 g/mol. The number of aromatic nitrogens is 1. The molecule has 2 aromatic heterocycles.